The van der Waals surface area contributed by atoms with E-state index in [4.69, 9.17) is 0 Å². The van der Waals surface area contributed by atoms with Gasteiger partial charge in [0, 0.05) is 5.54 Å². The summed E-state index contributed by atoms with van der Waals surface area (Å²) in [6.07, 6.45) is 0.686. The van der Waals surface area contributed by atoms with Crippen LogP contribution in [0.1, 0.15) is 41.0 Å². The number of hydrogen-bond acceptors (Lipinski definition) is 3. The number of amides is 2. The Morgan fingerprint density at radius 2 is 1.93 bits per heavy atom. The highest BCUT2D eigenvalue weighted by Gasteiger charge is 2.46. The maximum absolute atomic E-state index is 12.2. The largest absolute Gasteiger partial charge is 0.295 e. The molecule has 15 heavy (non-hydrogen) atoms. The van der Waals surface area contributed by atoms with Crippen molar-refractivity contribution in [3.8, 4) is 0 Å². The van der Waals surface area contributed by atoms with Crippen molar-refractivity contribution in [1.82, 2.24) is 10.2 Å². The summed E-state index contributed by atoms with van der Waals surface area (Å²) in [4.78, 5) is 25.3. The van der Waals surface area contributed by atoms with Crippen molar-refractivity contribution in [3.05, 3.63) is 0 Å². The molecule has 0 saturated carbocycles. The molecule has 1 aliphatic heterocycles. The highest BCUT2D eigenvalue weighted by Crippen LogP contribution is 2.24. The lowest BCUT2D eigenvalue weighted by molar-refractivity contribution is -0.159. The fourth-order valence-electron chi connectivity index (χ4n) is 1.74. The number of carbonyl (C=O) groups excluding carboxylic acids is 2. The number of nitrogens with zero attached hydrogens (tertiary/aromatic N) is 1. The van der Waals surface area contributed by atoms with Gasteiger partial charge in [-0.15, -0.1) is 0 Å². The summed E-state index contributed by atoms with van der Waals surface area (Å²) < 4.78 is 0. The van der Waals surface area contributed by atoms with Crippen LogP contribution in [0.2, 0.25) is 0 Å². The van der Waals surface area contributed by atoms with Gasteiger partial charge in [0.05, 0.1) is 12.1 Å². The Hall–Kier alpha value is -0.900. The highest BCUT2D eigenvalue weighted by molar-refractivity contribution is 6.03. The molecule has 1 rings (SSSR count). The van der Waals surface area contributed by atoms with E-state index in [0.717, 1.165) is 0 Å². The van der Waals surface area contributed by atoms with Gasteiger partial charge in [-0.3, -0.25) is 19.8 Å². The van der Waals surface area contributed by atoms with Crippen molar-refractivity contribution in [2.45, 2.75) is 52.1 Å². The maximum Gasteiger partial charge on any atom is 0.249 e. The lowest BCUT2D eigenvalue weighted by Gasteiger charge is -2.44. The standard InChI is InChI=1S/C11H20N2O2/c1-6-11(5)9(15)13(10(2,3)4)8(14)7-12-11/h12H,6-7H2,1-5H3. The average molecular weight is 212 g/mol. The second-order valence-electron chi connectivity index (χ2n) is 5.24. The lowest BCUT2D eigenvalue weighted by atomic mass is 9.91. The second kappa shape index (κ2) is 3.59. The zero-order valence-corrected chi connectivity index (χ0v) is 10.2. The van der Waals surface area contributed by atoms with Gasteiger partial charge in [-0.1, -0.05) is 6.92 Å². The van der Waals surface area contributed by atoms with Gasteiger partial charge in [-0.25, -0.2) is 0 Å². The number of imide groups is 1. The Bertz CT molecular complexity index is 293. The molecule has 1 saturated heterocycles. The minimum absolute atomic E-state index is 0.117. The van der Waals surface area contributed by atoms with E-state index < -0.39 is 11.1 Å². The summed E-state index contributed by atoms with van der Waals surface area (Å²) in [6, 6.07) is 0. The van der Waals surface area contributed by atoms with Gasteiger partial charge in [0.2, 0.25) is 11.8 Å². The third-order valence-corrected chi connectivity index (χ3v) is 2.93. The van der Waals surface area contributed by atoms with Crippen LogP contribution in [0.25, 0.3) is 0 Å². The molecule has 1 fully saturated rings. The van der Waals surface area contributed by atoms with E-state index in [0.29, 0.717) is 6.42 Å². The number of rotatable bonds is 1. The van der Waals surface area contributed by atoms with Crippen LogP contribution in [-0.4, -0.2) is 34.3 Å². The molecule has 2 amide bonds. The molecule has 0 aromatic carbocycles. The minimum Gasteiger partial charge on any atom is -0.295 e. The summed E-state index contributed by atoms with van der Waals surface area (Å²) >= 11 is 0. The van der Waals surface area contributed by atoms with Crippen molar-refractivity contribution in [2.75, 3.05) is 6.54 Å². The normalized spacial score (nSPS) is 28.5. The first-order chi connectivity index (χ1) is 6.72. The van der Waals surface area contributed by atoms with Gasteiger partial charge in [-0.2, -0.15) is 0 Å². The zero-order chi connectivity index (χ0) is 11.9. The molecule has 86 valence electrons. The van der Waals surface area contributed by atoms with E-state index in [1.165, 1.54) is 4.90 Å². The van der Waals surface area contributed by atoms with Crippen LogP contribution in [-0.2, 0) is 9.59 Å². The molecular formula is C11H20N2O2. The van der Waals surface area contributed by atoms with Gasteiger partial charge in [0.25, 0.3) is 0 Å². The summed E-state index contributed by atoms with van der Waals surface area (Å²) in [5, 5.41) is 3.01. The molecule has 0 aliphatic carbocycles. The first-order valence-electron chi connectivity index (χ1n) is 5.35. The molecular weight excluding hydrogens is 192 g/mol. The Morgan fingerprint density at radius 3 is 2.33 bits per heavy atom. The molecule has 0 radical (unpaired) electrons. The van der Waals surface area contributed by atoms with Crippen LogP contribution in [0.15, 0.2) is 0 Å². The van der Waals surface area contributed by atoms with Gasteiger partial charge >= 0.3 is 0 Å². The molecule has 4 nitrogen and oxygen atoms in total. The van der Waals surface area contributed by atoms with Crippen LogP contribution in [0.5, 0.6) is 0 Å². The predicted molar refractivity (Wildman–Crippen MR) is 58.3 cm³/mol. The van der Waals surface area contributed by atoms with Gasteiger partial charge in [-0.05, 0) is 34.1 Å². The van der Waals surface area contributed by atoms with Crippen LogP contribution >= 0.6 is 0 Å². The first kappa shape index (κ1) is 12.2. The number of carbonyl (C=O) groups is 2. The second-order valence-corrected chi connectivity index (χ2v) is 5.24. The minimum atomic E-state index is -0.596. The van der Waals surface area contributed by atoms with E-state index in [1.807, 2.05) is 34.6 Å². The van der Waals surface area contributed by atoms with Gasteiger partial charge in [0.1, 0.15) is 0 Å². The molecule has 4 heteroatoms. The van der Waals surface area contributed by atoms with Crippen LogP contribution < -0.4 is 5.32 Å². The summed E-state index contributed by atoms with van der Waals surface area (Å²) in [6.45, 7) is 9.67. The number of nitrogens with one attached hydrogen (secondary N) is 1. The quantitative estimate of drug-likeness (QED) is 0.657. The Balaban J connectivity index is 3.05. The molecule has 0 aromatic heterocycles. The molecule has 1 heterocycles. The van der Waals surface area contributed by atoms with E-state index in [1.54, 1.807) is 0 Å². The van der Waals surface area contributed by atoms with Crippen molar-refractivity contribution in [1.29, 1.82) is 0 Å². The van der Waals surface area contributed by atoms with E-state index in [9.17, 15) is 9.59 Å². The van der Waals surface area contributed by atoms with Crippen molar-refractivity contribution in [3.63, 3.8) is 0 Å². The molecule has 0 bridgehead atoms. The number of piperazine rings is 1. The van der Waals surface area contributed by atoms with Crippen LogP contribution in [0.4, 0.5) is 0 Å². The monoisotopic (exact) mass is 212 g/mol. The first-order valence-corrected chi connectivity index (χ1v) is 5.35. The third kappa shape index (κ3) is 2.04. The van der Waals surface area contributed by atoms with Crippen LogP contribution in [0.3, 0.4) is 0 Å². The van der Waals surface area contributed by atoms with Gasteiger partial charge in [0.15, 0.2) is 0 Å². The Morgan fingerprint density at radius 1 is 1.40 bits per heavy atom. The van der Waals surface area contributed by atoms with Crippen molar-refractivity contribution >= 4 is 11.8 Å². The summed E-state index contributed by atoms with van der Waals surface area (Å²) in [5.74, 6) is -0.257. The van der Waals surface area contributed by atoms with Crippen molar-refractivity contribution < 1.29 is 9.59 Å². The number of hydrogen-bond donors (Lipinski definition) is 1. The molecule has 1 atom stereocenters. The zero-order valence-electron chi connectivity index (χ0n) is 10.2. The predicted octanol–water partition coefficient (Wildman–Crippen LogP) is 0.912. The van der Waals surface area contributed by atoms with E-state index in [2.05, 4.69) is 5.32 Å². The summed E-state index contributed by atoms with van der Waals surface area (Å²) in [5.41, 5.74) is -1.03. The maximum atomic E-state index is 12.2. The van der Waals surface area contributed by atoms with Crippen LogP contribution in [0, 0.1) is 0 Å². The topological polar surface area (TPSA) is 49.4 Å². The lowest BCUT2D eigenvalue weighted by Crippen LogP contribution is -2.68. The van der Waals surface area contributed by atoms with E-state index in [-0.39, 0.29) is 18.4 Å². The smallest absolute Gasteiger partial charge is 0.249 e. The summed E-state index contributed by atoms with van der Waals surface area (Å²) in [7, 11) is 0. The fraction of sp³-hybridized carbons (Fsp3) is 0.818. The Labute approximate surface area is 91.0 Å². The fourth-order valence-corrected chi connectivity index (χ4v) is 1.74. The third-order valence-electron chi connectivity index (χ3n) is 2.93. The molecule has 0 spiro atoms. The molecule has 1 aliphatic rings. The highest BCUT2D eigenvalue weighted by atomic mass is 16.2. The van der Waals surface area contributed by atoms with Crippen molar-refractivity contribution in [2.24, 2.45) is 0 Å². The average Bonchev–Trinajstić information content (AvgIpc) is 2.10. The Kier molecular flexibility index (Phi) is 2.92. The SMILES string of the molecule is CCC1(C)NCC(=O)N(C(C)(C)C)C1=O. The van der Waals surface area contributed by atoms with E-state index >= 15 is 0 Å². The molecule has 1 N–H and O–H groups in total. The van der Waals surface area contributed by atoms with Gasteiger partial charge < -0.3 is 0 Å². The molecule has 1 unspecified atom stereocenters. The molecule has 0 aromatic rings.